The van der Waals surface area contributed by atoms with E-state index in [1.54, 1.807) is 17.8 Å². The van der Waals surface area contributed by atoms with Crippen LogP contribution in [0.25, 0.3) is 0 Å². The van der Waals surface area contributed by atoms with E-state index in [0.717, 1.165) is 10.6 Å². The Hall–Kier alpha value is -0.470. The van der Waals surface area contributed by atoms with Gasteiger partial charge in [0, 0.05) is 10.5 Å². The third kappa shape index (κ3) is 4.72. The van der Waals surface area contributed by atoms with Crippen molar-refractivity contribution in [3.63, 3.8) is 0 Å². The van der Waals surface area contributed by atoms with Gasteiger partial charge in [0.15, 0.2) is 0 Å². The highest BCUT2D eigenvalue weighted by Crippen LogP contribution is 2.21. The maximum atomic E-state index is 10.9. The van der Waals surface area contributed by atoms with Crippen molar-refractivity contribution in [3.8, 4) is 0 Å². The van der Waals surface area contributed by atoms with Crippen LogP contribution in [0.4, 0.5) is 0 Å². The number of unbranched alkanes of at least 4 members (excludes halogenated alkanes) is 2. The Labute approximate surface area is 100 Å². The molecule has 0 saturated carbocycles. The van der Waals surface area contributed by atoms with E-state index in [1.807, 2.05) is 18.2 Å². The Balaban J connectivity index is 2.47. The Morgan fingerprint density at radius 1 is 1.40 bits per heavy atom. The second kappa shape index (κ2) is 6.91. The Kier molecular flexibility index (Phi) is 5.81. The van der Waals surface area contributed by atoms with Crippen LogP contribution in [-0.2, 0) is 0 Å². The third-order valence-electron chi connectivity index (χ3n) is 2.08. The summed E-state index contributed by atoms with van der Waals surface area (Å²) in [7, 11) is 0. The van der Waals surface area contributed by atoms with Crippen LogP contribution >= 0.6 is 23.4 Å². The zero-order chi connectivity index (χ0) is 11.1. The molecule has 0 atom stereocenters. The van der Waals surface area contributed by atoms with Crippen molar-refractivity contribution in [1.29, 1.82) is 0 Å². The molecule has 0 unspecified atom stereocenters. The molecule has 3 heteroatoms. The minimum Gasteiger partial charge on any atom is -0.276 e. The lowest BCUT2D eigenvalue weighted by Crippen LogP contribution is -1.88. The van der Waals surface area contributed by atoms with Gasteiger partial charge in [0.05, 0.1) is 0 Å². The summed E-state index contributed by atoms with van der Waals surface area (Å²) in [4.78, 5) is 12.1. The molecule has 0 radical (unpaired) electrons. The minimum absolute atomic E-state index is 0.383. The van der Waals surface area contributed by atoms with Gasteiger partial charge in [-0.15, -0.1) is 11.8 Å². The highest BCUT2D eigenvalue weighted by atomic mass is 35.5. The van der Waals surface area contributed by atoms with Gasteiger partial charge in [-0.2, -0.15) is 0 Å². The number of carbonyl (C=O) groups is 1. The van der Waals surface area contributed by atoms with Gasteiger partial charge < -0.3 is 0 Å². The van der Waals surface area contributed by atoms with Crippen molar-refractivity contribution in [2.75, 3.05) is 5.75 Å². The van der Waals surface area contributed by atoms with Gasteiger partial charge in [0.1, 0.15) is 0 Å². The van der Waals surface area contributed by atoms with Gasteiger partial charge in [-0.25, -0.2) is 0 Å². The topological polar surface area (TPSA) is 17.1 Å². The van der Waals surface area contributed by atoms with Gasteiger partial charge in [-0.1, -0.05) is 31.9 Å². The fraction of sp³-hybridized carbons (Fsp3) is 0.417. The molecule has 0 saturated heterocycles. The van der Waals surface area contributed by atoms with Crippen molar-refractivity contribution >= 4 is 28.6 Å². The van der Waals surface area contributed by atoms with Crippen LogP contribution in [0, 0.1) is 0 Å². The van der Waals surface area contributed by atoms with Crippen molar-refractivity contribution in [2.24, 2.45) is 0 Å². The first-order valence-corrected chi connectivity index (χ1v) is 6.53. The largest absolute Gasteiger partial charge is 0.276 e. The van der Waals surface area contributed by atoms with E-state index in [1.165, 1.54) is 19.3 Å². The number of hydrogen-bond donors (Lipinski definition) is 0. The highest BCUT2D eigenvalue weighted by molar-refractivity contribution is 7.99. The lowest BCUT2D eigenvalue weighted by Gasteiger charge is -2.02. The first-order valence-electron chi connectivity index (χ1n) is 5.16. The number of carbonyl (C=O) groups excluding carboxylic acids is 1. The van der Waals surface area contributed by atoms with E-state index in [9.17, 15) is 4.79 Å². The summed E-state index contributed by atoms with van der Waals surface area (Å²) in [6, 6.07) is 7.48. The van der Waals surface area contributed by atoms with Crippen molar-refractivity contribution in [2.45, 2.75) is 31.1 Å². The molecule has 1 aromatic carbocycles. The minimum atomic E-state index is -0.383. The zero-order valence-electron chi connectivity index (χ0n) is 8.83. The number of rotatable bonds is 6. The molecule has 0 aromatic heterocycles. The number of thioether (sulfide) groups is 1. The molecule has 0 fully saturated rings. The molecular weight excluding hydrogens is 228 g/mol. The monoisotopic (exact) mass is 242 g/mol. The molecule has 0 aliphatic heterocycles. The first kappa shape index (κ1) is 12.6. The van der Waals surface area contributed by atoms with Crippen LogP contribution in [0.2, 0.25) is 0 Å². The quantitative estimate of drug-likeness (QED) is 0.419. The summed E-state index contributed by atoms with van der Waals surface area (Å²) in [5.41, 5.74) is 0.581. The van der Waals surface area contributed by atoms with Crippen molar-refractivity contribution in [1.82, 2.24) is 0 Å². The molecule has 0 aliphatic rings. The van der Waals surface area contributed by atoms with Crippen LogP contribution in [0.3, 0.4) is 0 Å². The summed E-state index contributed by atoms with van der Waals surface area (Å²) in [5, 5.41) is -0.383. The average molecular weight is 243 g/mol. The molecule has 1 aromatic rings. The molecule has 1 rings (SSSR count). The number of benzene rings is 1. The molecule has 0 heterocycles. The summed E-state index contributed by atoms with van der Waals surface area (Å²) < 4.78 is 0. The van der Waals surface area contributed by atoms with Crippen molar-refractivity contribution < 1.29 is 4.79 Å². The van der Waals surface area contributed by atoms with Gasteiger partial charge in [0.2, 0.25) is 0 Å². The molecule has 0 amide bonds. The number of hydrogen-bond acceptors (Lipinski definition) is 2. The molecule has 0 aliphatic carbocycles. The van der Waals surface area contributed by atoms with E-state index >= 15 is 0 Å². The predicted molar refractivity (Wildman–Crippen MR) is 66.9 cm³/mol. The summed E-state index contributed by atoms with van der Waals surface area (Å²) in [6.45, 7) is 2.19. The fourth-order valence-electron chi connectivity index (χ4n) is 1.25. The highest BCUT2D eigenvalue weighted by Gasteiger charge is 2.02. The Morgan fingerprint density at radius 3 is 2.87 bits per heavy atom. The van der Waals surface area contributed by atoms with Crippen molar-refractivity contribution in [3.05, 3.63) is 29.8 Å². The SMILES string of the molecule is CCCCCSc1cccc(C(=O)Cl)c1. The zero-order valence-corrected chi connectivity index (χ0v) is 10.4. The second-order valence-electron chi connectivity index (χ2n) is 3.36. The lowest BCUT2D eigenvalue weighted by atomic mass is 10.2. The van der Waals surface area contributed by atoms with E-state index in [2.05, 4.69) is 6.92 Å². The summed E-state index contributed by atoms with van der Waals surface area (Å²) in [5.74, 6) is 1.10. The van der Waals surface area contributed by atoms with Gasteiger partial charge in [0.25, 0.3) is 5.24 Å². The molecule has 0 spiro atoms. The molecular formula is C12H15ClOS. The van der Waals surface area contributed by atoms with Crippen LogP contribution in [0.1, 0.15) is 36.5 Å². The maximum absolute atomic E-state index is 10.9. The second-order valence-corrected chi connectivity index (χ2v) is 4.87. The van der Waals surface area contributed by atoms with Crippen LogP contribution < -0.4 is 0 Å². The average Bonchev–Trinajstić information content (AvgIpc) is 2.25. The first-order chi connectivity index (χ1) is 7.24. The molecule has 1 nitrogen and oxygen atoms in total. The summed E-state index contributed by atoms with van der Waals surface area (Å²) in [6.07, 6.45) is 3.72. The fourth-order valence-corrected chi connectivity index (χ4v) is 2.34. The standard InChI is InChI=1S/C12H15ClOS/c1-2-3-4-8-15-11-7-5-6-10(9-11)12(13)14/h5-7,9H,2-4,8H2,1H3. The predicted octanol–water partition coefficient (Wildman–Crippen LogP) is 4.35. The van der Waals surface area contributed by atoms with Gasteiger partial charge in [-0.05, 0) is 35.9 Å². The Morgan fingerprint density at radius 2 is 2.20 bits per heavy atom. The number of halogens is 1. The smallest absolute Gasteiger partial charge is 0.252 e. The molecule has 82 valence electrons. The molecule has 0 N–H and O–H groups in total. The maximum Gasteiger partial charge on any atom is 0.252 e. The van der Waals surface area contributed by atoms with E-state index in [4.69, 9.17) is 11.6 Å². The van der Waals surface area contributed by atoms with E-state index in [0.29, 0.717) is 5.56 Å². The van der Waals surface area contributed by atoms with Crippen LogP contribution in [0.15, 0.2) is 29.2 Å². The Bertz CT molecular complexity index is 325. The normalized spacial score (nSPS) is 10.3. The van der Waals surface area contributed by atoms with Crippen LogP contribution in [-0.4, -0.2) is 11.0 Å². The van der Waals surface area contributed by atoms with Crippen LogP contribution in [0.5, 0.6) is 0 Å². The van der Waals surface area contributed by atoms with E-state index < -0.39 is 0 Å². The van der Waals surface area contributed by atoms with Gasteiger partial charge >= 0.3 is 0 Å². The molecule has 0 bridgehead atoms. The third-order valence-corrected chi connectivity index (χ3v) is 3.38. The van der Waals surface area contributed by atoms with E-state index in [-0.39, 0.29) is 5.24 Å². The summed E-state index contributed by atoms with van der Waals surface area (Å²) >= 11 is 7.19. The molecule has 15 heavy (non-hydrogen) atoms. The lowest BCUT2D eigenvalue weighted by molar-refractivity contribution is 0.108. The van der Waals surface area contributed by atoms with Gasteiger partial charge in [-0.3, -0.25) is 4.79 Å².